The zero-order valence-electron chi connectivity index (χ0n) is 9.16. The average molecular weight is 222 g/mol. The van der Waals surface area contributed by atoms with E-state index in [1.807, 2.05) is 6.07 Å². The number of benzene rings is 1. The highest BCUT2D eigenvalue weighted by molar-refractivity contribution is 6.58. The Bertz CT molecular complexity index is 293. The summed E-state index contributed by atoms with van der Waals surface area (Å²) < 4.78 is 5.74. The molecule has 0 aliphatic carbocycles. The minimum atomic E-state index is -0.806. The number of allylic oxidation sites excluding steroid dienone is 1. The van der Waals surface area contributed by atoms with Crippen molar-refractivity contribution in [2.24, 2.45) is 0 Å². The summed E-state index contributed by atoms with van der Waals surface area (Å²) in [6.07, 6.45) is 0. The molecule has 0 atom stereocenters. The summed E-state index contributed by atoms with van der Waals surface area (Å²) >= 11 is 0. The highest BCUT2D eigenvalue weighted by Crippen LogP contribution is 2.11. The molecule has 1 nitrogen and oxygen atoms in total. The summed E-state index contributed by atoms with van der Waals surface area (Å²) in [5.41, 5.74) is 4.96. The van der Waals surface area contributed by atoms with Crippen molar-refractivity contribution >= 4 is 24.4 Å². The van der Waals surface area contributed by atoms with Crippen molar-refractivity contribution in [3.05, 3.63) is 41.6 Å². The first kappa shape index (κ1) is 11.4. The normalized spacial score (nSPS) is 13.0. The van der Waals surface area contributed by atoms with E-state index in [1.165, 1.54) is 11.1 Å². The molecule has 0 bridgehead atoms. The molecule has 0 aromatic heterocycles. The predicted octanol–water partition coefficient (Wildman–Crippen LogP) is 2.13. The molecule has 14 heavy (non-hydrogen) atoms. The van der Waals surface area contributed by atoms with E-state index in [1.54, 1.807) is 0 Å². The van der Waals surface area contributed by atoms with Crippen LogP contribution in [-0.4, -0.2) is 18.8 Å². The van der Waals surface area contributed by atoms with Crippen LogP contribution >= 0.6 is 0 Å². The third-order valence-electron chi connectivity index (χ3n) is 2.05. The second-order valence-corrected chi connectivity index (χ2v) is 7.81. The van der Waals surface area contributed by atoms with Crippen molar-refractivity contribution in [3.63, 3.8) is 0 Å². The van der Waals surface area contributed by atoms with E-state index in [0.717, 1.165) is 0 Å². The third kappa shape index (κ3) is 4.04. The molecule has 0 aliphatic rings. The van der Waals surface area contributed by atoms with Crippen molar-refractivity contribution in [2.45, 2.75) is 20.0 Å². The maximum absolute atomic E-state index is 5.74. The molecule has 0 saturated heterocycles. The molecule has 0 heterocycles. The fourth-order valence-electron chi connectivity index (χ4n) is 1.18. The maximum atomic E-state index is 5.74. The zero-order valence-corrected chi connectivity index (χ0v) is 11.7. The lowest BCUT2D eigenvalue weighted by Crippen LogP contribution is -2.10. The standard InChI is InChI=1S/C11H18OSi2/c1-10(9-13-12-14(2)3)11-7-5-4-6-8-11/h4-9,14H,13H2,1-3H3. The van der Waals surface area contributed by atoms with Crippen molar-refractivity contribution in [1.29, 1.82) is 0 Å². The molecule has 0 amide bonds. The van der Waals surface area contributed by atoms with Gasteiger partial charge in [0.25, 0.3) is 0 Å². The number of hydrogen-bond acceptors (Lipinski definition) is 1. The second-order valence-electron chi connectivity index (χ2n) is 3.64. The summed E-state index contributed by atoms with van der Waals surface area (Å²) in [6.45, 7) is 6.60. The van der Waals surface area contributed by atoms with E-state index in [2.05, 4.69) is 50.0 Å². The Morgan fingerprint density at radius 1 is 1.29 bits per heavy atom. The van der Waals surface area contributed by atoms with E-state index in [0.29, 0.717) is 0 Å². The lowest BCUT2D eigenvalue weighted by molar-refractivity contribution is 0.634. The number of hydrogen-bond donors (Lipinski definition) is 0. The van der Waals surface area contributed by atoms with Crippen LogP contribution in [0.1, 0.15) is 12.5 Å². The maximum Gasteiger partial charge on any atom is 0.171 e. The third-order valence-corrected chi connectivity index (χ3v) is 6.26. The Morgan fingerprint density at radius 3 is 2.50 bits per heavy atom. The van der Waals surface area contributed by atoms with Crippen LogP contribution in [0.25, 0.3) is 5.57 Å². The van der Waals surface area contributed by atoms with Gasteiger partial charge in [-0.25, -0.2) is 0 Å². The SMILES string of the molecule is CC(=C[SiH2]O[SiH](C)C)c1ccccc1. The molecular formula is C11H18OSi2. The summed E-state index contributed by atoms with van der Waals surface area (Å²) in [6, 6.07) is 10.5. The van der Waals surface area contributed by atoms with Gasteiger partial charge in [0.15, 0.2) is 18.8 Å². The topological polar surface area (TPSA) is 9.23 Å². The Morgan fingerprint density at radius 2 is 1.93 bits per heavy atom. The lowest BCUT2D eigenvalue weighted by Gasteiger charge is -2.04. The minimum Gasteiger partial charge on any atom is -0.460 e. The van der Waals surface area contributed by atoms with Gasteiger partial charge in [0.2, 0.25) is 0 Å². The quantitative estimate of drug-likeness (QED) is 0.709. The highest BCUT2D eigenvalue weighted by Gasteiger charge is 1.95. The first-order chi connectivity index (χ1) is 6.70. The van der Waals surface area contributed by atoms with E-state index in [9.17, 15) is 0 Å². The van der Waals surface area contributed by atoms with Crippen LogP contribution in [-0.2, 0) is 4.12 Å². The molecule has 1 aromatic rings. The number of rotatable bonds is 4. The van der Waals surface area contributed by atoms with Gasteiger partial charge in [0.05, 0.1) is 0 Å². The van der Waals surface area contributed by atoms with Crippen LogP contribution in [0.4, 0.5) is 0 Å². The second kappa shape index (κ2) is 5.95. The van der Waals surface area contributed by atoms with Gasteiger partial charge in [0.1, 0.15) is 0 Å². The molecule has 0 unspecified atom stereocenters. The van der Waals surface area contributed by atoms with E-state index in [4.69, 9.17) is 4.12 Å². The van der Waals surface area contributed by atoms with Gasteiger partial charge in [-0.3, -0.25) is 0 Å². The van der Waals surface area contributed by atoms with Crippen molar-refractivity contribution in [3.8, 4) is 0 Å². The molecular weight excluding hydrogens is 204 g/mol. The van der Waals surface area contributed by atoms with Crippen LogP contribution in [0.3, 0.4) is 0 Å². The van der Waals surface area contributed by atoms with E-state index >= 15 is 0 Å². The van der Waals surface area contributed by atoms with Crippen LogP contribution in [0.5, 0.6) is 0 Å². The van der Waals surface area contributed by atoms with Gasteiger partial charge in [0, 0.05) is 0 Å². The van der Waals surface area contributed by atoms with Gasteiger partial charge >= 0.3 is 0 Å². The first-order valence-electron chi connectivity index (χ1n) is 5.04. The molecule has 0 spiro atoms. The van der Waals surface area contributed by atoms with Crippen LogP contribution < -0.4 is 0 Å². The molecule has 0 N–H and O–H groups in total. The summed E-state index contributed by atoms with van der Waals surface area (Å²) in [5.74, 6) is 0. The molecule has 1 aromatic carbocycles. The van der Waals surface area contributed by atoms with Crippen LogP contribution in [0.2, 0.25) is 13.1 Å². The fraction of sp³-hybridized carbons (Fsp3) is 0.273. The average Bonchev–Trinajstić information content (AvgIpc) is 2.18. The summed E-state index contributed by atoms with van der Waals surface area (Å²) in [5, 5.41) is 0. The Labute approximate surface area is 90.5 Å². The molecule has 76 valence electrons. The predicted molar refractivity (Wildman–Crippen MR) is 68.6 cm³/mol. The lowest BCUT2D eigenvalue weighted by atomic mass is 10.1. The molecule has 3 heteroatoms. The van der Waals surface area contributed by atoms with Crippen molar-refractivity contribution in [2.75, 3.05) is 0 Å². The largest absolute Gasteiger partial charge is 0.460 e. The van der Waals surface area contributed by atoms with Gasteiger partial charge in [-0.05, 0) is 25.6 Å². The van der Waals surface area contributed by atoms with Gasteiger partial charge in [-0.15, -0.1) is 0 Å². The van der Waals surface area contributed by atoms with E-state index in [-0.39, 0.29) is 0 Å². The van der Waals surface area contributed by atoms with Crippen LogP contribution in [0.15, 0.2) is 36.0 Å². The summed E-state index contributed by atoms with van der Waals surface area (Å²) in [4.78, 5) is 0. The van der Waals surface area contributed by atoms with Gasteiger partial charge < -0.3 is 4.12 Å². The first-order valence-corrected chi connectivity index (χ1v) is 9.21. The summed E-state index contributed by atoms with van der Waals surface area (Å²) in [7, 11) is -1.23. The molecule has 0 saturated carbocycles. The Hall–Kier alpha value is -0.646. The minimum absolute atomic E-state index is 0.428. The molecule has 0 radical (unpaired) electrons. The smallest absolute Gasteiger partial charge is 0.171 e. The van der Waals surface area contributed by atoms with Gasteiger partial charge in [-0.1, -0.05) is 41.6 Å². The van der Waals surface area contributed by atoms with Gasteiger partial charge in [-0.2, -0.15) is 0 Å². The van der Waals surface area contributed by atoms with Crippen molar-refractivity contribution < 1.29 is 4.12 Å². The van der Waals surface area contributed by atoms with Crippen LogP contribution in [0, 0.1) is 0 Å². The Kier molecular flexibility index (Phi) is 4.86. The molecule has 0 fully saturated rings. The van der Waals surface area contributed by atoms with E-state index < -0.39 is 18.8 Å². The van der Waals surface area contributed by atoms with Crippen molar-refractivity contribution in [1.82, 2.24) is 0 Å². The Balaban J connectivity index is 2.53. The molecule has 1 rings (SSSR count). The molecule has 0 aliphatic heterocycles. The monoisotopic (exact) mass is 222 g/mol. The zero-order chi connectivity index (χ0) is 10.4. The fourth-order valence-corrected chi connectivity index (χ4v) is 3.59. The highest BCUT2D eigenvalue weighted by atomic mass is 28.3.